The van der Waals surface area contributed by atoms with Gasteiger partial charge in [0, 0.05) is 24.8 Å². The smallest absolute Gasteiger partial charge is 0.305 e. The van der Waals surface area contributed by atoms with Crippen molar-refractivity contribution in [1.82, 2.24) is 14.7 Å². The Bertz CT molecular complexity index is 436. The molecule has 0 radical (unpaired) electrons. The van der Waals surface area contributed by atoms with Crippen molar-refractivity contribution in [3.63, 3.8) is 0 Å². The third kappa shape index (κ3) is 3.35. The van der Waals surface area contributed by atoms with Gasteiger partial charge in [-0.15, -0.1) is 0 Å². The van der Waals surface area contributed by atoms with Crippen molar-refractivity contribution in [2.75, 3.05) is 13.1 Å². The molecule has 0 amide bonds. The molecule has 0 aromatic carbocycles. The second-order valence-electron chi connectivity index (χ2n) is 5.27. The molecule has 1 aliphatic rings. The predicted octanol–water partition coefficient (Wildman–Crippen LogP) is 1.98. The van der Waals surface area contributed by atoms with Gasteiger partial charge in [0.2, 0.25) is 0 Å². The monoisotopic (exact) mass is 265 g/mol. The molecule has 5 heteroatoms. The van der Waals surface area contributed by atoms with Crippen LogP contribution >= 0.6 is 0 Å². The van der Waals surface area contributed by atoms with Crippen LogP contribution in [0, 0.1) is 0 Å². The number of carboxylic acids is 1. The number of piperidine rings is 1. The van der Waals surface area contributed by atoms with Gasteiger partial charge in [0.25, 0.3) is 0 Å². The van der Waals surface area contributed by atoms with Crippen LogP contribution in [0.3, 0.4) is 0 Å². The van der Waals surface area contributed by atoms with Gasteiger partial charge in [-0.1, -0.05) is 13.3 Å². The van der Waals surface area contributed by atoms with Crippen molar-refractivity contribution in [2.24, 2.45) is 7.05 Å². The number of aryl methyl sites for hydroxylation is 2. The first kappa shape index (κ1) is 14.1. The van der Waals surface area contributed by atoms with Crippen LogP contribution in [-0.2, 0) is 18.3 Å². The standard InChI is InChI=1S/C14H23N3O2/c1-3-12-11(10-16(2)15-12)13(9-14(18)19)17-7-5-4-6-8-17/h10,13H,3-9H2,1-2H3,(H,18,19). The van der Waals surface area contributed by atoms with Crippen molar-refractivity contribution >= 4 is 5.97 Å². The SMILES string of the molecule is CCc1nn(C)cc1C(CC(=O)O)N1CCCCC1. The maximum absolute atomic E-state index is 11.2. The first-order chi connectivity index (χ1) is 9.11. The normalized spacial score (nSPS) is 18.4. The van der Waals surface area contributed by atoms with E-state index in [2.05, 4.69) is 16.9 Å². The maximum Gasteiger partial charge on any atom is 0.305 e. The summed E-state index contributed by atoms with van der Waals surface area (Å²) in [5.74, 6) is -0.735. The van der Waals surface area contributed by atoms with Crippen molar-refractivity contribution in [2.45, 2.75) is 45.1 Å². The molecule has 2 heterocycles. The Morgan fingerprint density at radius 1 is 1.42 bits per heavy atom. The molecular formula is C14H23N3O2. The van der Waals surface area contributed by atoms with E-state index in [4.69, 9.17) is 0 Å². The van der Waals surface area contributed by atoms with Gasteiger partial charge in [-0.3, -0.25) is 14.4 Å². The Morgan fingerprint density at radius 2 is 2.11 bits per heavy atom. The van der Waals surface area contributed by atoms with Crippen LogP contribution in [0.5, 0.6) is 0 Å². The van der Waals surface area contributed by atoms with Gasteiger partial charge in [0.05, 0.1) is 12.1 Å². The molecule has 5 nitrogen and oxygen atoms in total. The molecule has 1 aromatic heterocycles. The third-order valence-corrected chi connectivity index (χ3v) is 3.83. The first-order valence-electron chi connectivity index (χ1n) is 7.10. The predicted molar refractivity (Wildman–Crippen MR) is 73.0 cm³/mol. The molecule has 0 spiro atoms. The first-order valence-corrected chi connectivity index (χ1v) is 7.10. The lowest BCUT2D eigenvalue weighted by Crippen LogP contribution is -2.35. The summed E-state index contributed by atoms with van der Waals surface area (Å²) in [6.45, 7) is 4.06. The zero-order valence-corrected chi connectivity index (χ0v) is 11.8. The number of carboxylic acid groups (broad SMARTS) is 1. The number of hydrogen-bond donors (Lipinski definition) is 1. The summed E-state index contributed by atoms with van der Waals surface area (Å²) >= 11 is 0. The average molecular weight is 265 g/mol. The number of hydrogen-bond acceptors (Lipinski definition) is 3. The van der Waals surface area contributed by atoms with E-state index in [1.165, 1.54) is 6.42 Å². The van der Waals surface area contributed by atoms with E-state index >= 15 is 0 Å². The molecule has 1 N–H and O–H groups in total. The summed E-state index contributed by atoms with van der Waals surface area (Å²) in [6.07, 6.45) is 6.58. The fourth-order valence-electron chi connectivity index (χ4n) is 2.94. The van der Waals surface area contributed by atoms with E-state index < -0.39 is 5.97 Å². The molecule has 1 aromatic rings. The third-order valence-electron chi connectivity index (χ3n) is 3.83. The van der Waals surface area contributed by atoms with Gasteiger partial charge in [0.1, 0.15) is 0 Å². The highest BCUT2D eigenvalue weighted by Gasteiger charge is 2.27. The fourth-order valence-corrected chi connectivity index (χ4v) is 2.94. The minimum Gasteiger partial charge on any atom is -0.481 e. The summed E-state index contributed by atoms with van der Waals surface area (Å²) in [7, 11) is 1.90. The number of aliphatic carboxylic acids is 1. The quantitative estimate of drug-likeness (QED) is 0.884. The van der Waals surface area contributed by atoms with E-state index in [1.54, 1.807) is 4.68 Å². The minimum absolute atomic E-state index is 0.0264. The molecule has 19 heavy (non-hydrogen) atoms. The van der Waals surface area contributed by atoms with Crippen LogP contribution in [0.1, 0.15) is 49.9 Å². The van der Waals surface area contributed by atoms with Gasteiger partial charge in [0.15, 0.2) is 0 Å². The summed E-state index contributed by atoms with van der Waals surface area (Å²) in [6, 6.07) is -0.0264. The molecule has 0 aliphatic carbocycles. The van der Waals surface area contributed by atoms with Crippen molar-refractivity contribution < 1.29 is 9.90 Å². The van der Waals surface area contributed by atoms with Crippen LogP contribution in [0.4, 0.5) is 0 Å². The van der Waals surface area contributed by atoms with Crippen molar-refractivity contribution in [1.29, 1.82) is 0 Å². The number of rotatable bonds is 5. The van der Waals surface area contributed by atoms with Crippen LogP contribution in [-0.4, -0.2) is 38.8 Å². The van der Waals surface area contributed by atoms with Crippen LogP contribution in [0.15, 0.2) is 6.20 Å². The van der Waals surface area contributed by atoms with E-state index in [0.717, 1.165) is 43.6 Å². The molecule has 0 bridgehead atoms. The van der Waals surface area contributed by atoms with Gasteiger partial charge in [-0.05, 0) is 32.4 Å². The average Bonchev–Trinajstić information content (AvgIpc) is 2.78. The number of nitrogens with zero attached hydrogens (tertiary/aromatic N) is 3. The molecular weight excluding hydrogens is 242 g/mol. The summed E-state index contributed by atoms with van der Waals surface area (Å²) in [5, 5.41) is 13.6. The van der Waals surface area contributed by atoms with Crippen molar-refractivity contribution in [3.05, 3.63) is 17.5 Å². The van der Waals surface area contributed by atoms with Crippen molar-refractivity contribution in [3.8, 4) is 0 Å². The lowest BCUT2D eigenvalue weighted by molar-refractivity contribution is -0.138. The molecule has 1 aliphatic heterocycles. The van der Waals surface area contributed by atoms with E-state index in [1.807, 2.05) is 13.2 Å². The second kappa shape index (κ2) is 6.19. The van der Waals surface area contributed by atoms with Crippen LogP contribution in [0.2, 0.25) is 0 Å². The Hall–Kier alpha value is -1.36. The molecule has 0 saturated carbocycles. The Kier molecular flexibility index (Phi) is 4.58. The van der Waals surface area contributed by atoms with Gasteiger partial charge in [-0.2, -0.15) is 5.10 Å². The Labute approximate surface area is 114 Å². The Morgan fingerprint density at radius 3 is 2.68 bits per heavy atom. The largest absolute Gasteiger partial charge is 0.481 e. The number of likely N-dealkylation sites (tertiary alicyclic amines) is 1. The molecule has 1 saturated heterocycles. The van der Waals surface area contributed by atoms with E-state index in [0.29, 0.717) is 0 Å². The lowest BCUT2D eigenvalue weighted by atomic mass is 9.98. The zero-order valence-electron chi connectivity index (χ0n) is 11.8. The van der Waals surface area contributed by atoms with Gasteiger partial charge >= 0.3 is 5.97 Å². The maximum atomic E-state index is 11.2. The topological polar surface area (TPSA) is 58.4 Å². The minimum atomic E-state index is -0.735. The second-order valence-corrected chi connectivity index (χ2v) is 5.27. The molecule has 1 fully saturated rings. The summed E-state index contributed by atoms with van der Waals surface area (Å²) in [5.41, 5.74) is 2.12. The van der Waals surface area contributed by atoms with Gasteiger partial charge in [-0.25, -0.2) is 0 Å². The fraction of sp³-hybridized carbons (Fsp3) is 0.714. The molecule has 1 unspecified atom stereocenters. The van der Waals surface area contributed by atoms with Crippen LogP contribution in [0.25, 0.3) is 0 Å². The Balaban J connectivity index is 2.27. The number of aromatic nitrogens is 2. The number of carbonyl (C=O) groups is 1. The summed E-state index contributed by atoms with van der Waals surface area (Å²) in [4.78, 5) is 13.5. The van der Waals surface area contributed by atoms with Gasteiger partial charge < -0.3 is 5.11 Å². The molecule has 1 atom stereocenters. The van der Waals surface area contributed by atoms with E-state index in [9.17, 15) is 9.90 Å². The van der Waals surface area contributed by atoms with Crippen LogP contribution < -0.4 is 0 Å². The van der Waals surface area contributed by atoms with E-state index in [-0.39, 0.29) is 12.5 Å². The highest BCUT2D eigenvalue weighted by molar-refractivity contribution is 5.68. The highest BCUT2D eigenvalue weighted by Crippen LogP contribution is 2.29. The molecule has 2 rings (SSSR count). The zero-order chi connectivity index (χ0) is 13.8. The lowest BCUT2D eigenvalue weighted by Gasteiger charge is -2.33. The molecule has 106 valence electrons. The summed E-state index contributed by atoms with van der Waals surface area (Å²) < 4.78 is 1.80. The highest BCUT2D eigenvalue weighted by atomic mass is 16.4.